The summed E-state index contributed by atoms with van der Waals surface area (Å²) >= 11 is 5.77. The summed E-state index contributed by atoms with van der Waals surface area (Å²) in [7, 11) is 0. The summed E-state index contributed by atoms with van der Waals surface area (Å²) in [5, 5.41) is 3.36. The minimum atomic E-state index is -0.849. The van der Waals surface area contributed by atoms with Crippen molar-refractivity contribution in [2.45, 2.75) is 19.4 Å². The van der Waals surface area contributed by atoms with Gasteiger partial charge in [0.15, 0.2) is 6.61 Å². The molecule has 1 fully saturated rings. The number of nitrogens with one attached hydrogen (secondary N) is 1. The normalized spacial score (nSPS) is 17.6. The lowest BCUT2D eigenvalue weighted by atomic mass is 9.99. The van der Waals surface area contributed by atoms with E-state index in [0.29, 0.717) is 23.9 Å². The Labute approximate surface area is 122 Å². The highest BCUT2D eigenvalue weighted by Crippen LogP contribution is 2.19. The summed E-state index contributed by atoms with van der Waals surface area (Å²) in [6, 6.07) is 6.78. The van der Waals surface area contributed by atoms with E-state index in [1.54, 1.807) is 43.0 Å². The molecule has 1 aromatic rings. The van der Waals surface area contributed by atoms with Gasteiger partial charge in [0.05, 0.1) is 0 Å². The number of amides is 2. The van der Waals surface area contributed by atoms with Crippen molar-refractivity contribution in [3.05, 3.63) is 29.3 Å². The second-order valence-electron chi connectivity index (χ2n) is 5.10. The molecule has 0 saturated carbocycles. The minimum absolute atomic E-state index is 0.0989. The second-order valence-corrected chi connectivity index (χ2v) is 5.54. The van der Waals surface area contributed by atoms with E-state index in [0.717, 1.165) is 0 Å². The molecule has 108 valence electrons. The largest absolute Gasteiger partial charge is 0.484 e. The third-order valence-electron chi connectivity index (χ3n) is 3.33. The van der Waals surface area contributed by atoms with Crippen molar-refractivity contribution in [2.75, 3.05) is 19.7 Å². The highest BCUT2D eigenvalue weighted by Gasteiger charge is 2.40. The van der Waals surface area contributed by atoms with Crippen LogP contribution in [0.3, 0.4) is 0 Å². The molecule has 2 rings (SSSR count). The third-order valence-corrected chi connectivity index (χ3v) is 3.58. The van der Waals surface area contributed by atoms with Crippen LogP contribution in [0.1, 0.15) is 13.8 Å². The van der Waals surface area contributed by atoms with Gasteiger partial charge in [-0.3, -0.25) is 9.59 Å². The highest BCUT2D eigenvalue weighted by molar-refractivity contribution is 6.30. The number of carbonyl (C=O) groups excluding carboxylic acids is 2. The molecule has 0 aromatic heterocycles. The lowest BCUT2D eigenvalue weighted by Crippen LogP contribution is -2.64. The molecular formula is C14H17ClN2O3. The zero-order valence-electron chi connectivity index (χ0n) is 11.5. The Hall–Kier alpha value is -1.75. The van der Waals surface area contributed by atoms with Crippen LogP contribution in [0.4, 0.5) is 0 Å². The molecular weight excluding hydrogens is 280 g/mol. The van der Waals surface area contributed by atoms with Crippen LogP contribution in [0.15, 0.2) is 24.3 Å². The van der Waals surface area contributed by atoms with Crippen LogP contribution in [-0.2, 0) is 9.59 Å². The Kier molecular flexibility index (Phi) is 4.18. The van der Waals surface area contributed by atoms with Gasteiger partial charge in [-0.25, -0.2) is 0 Å². The Morgan fingerprint density at radius 1 is 1.40 bits per heavy atom. The van der Waals surface area contributed by atoms with Crippen molar-refractivity contribution >= 4 is 23.4 Å². The number of ether oxygens (including phenoxy) is 1. The standard InChI is InChI=1S/C14H17ClN2O3/c1-14(2)13(19)16-7-8-17(14)12(18)9-20-11-5-3-10(15)4-6-11/h3-6H,7-9H2,1-2H3,(H,16,19). The van der Waals surface area contributed by atoms with E-state index in [1.165, 1.54) is 0 Å². The average molecular weight is 297 g/mol. The molecule has 6 heteroatoms. The highest BCUT2D eigenvalue weighted by atomic mass is 35.5. The maximum absolute atomic E-state index is 12.2. The molecule has 1 aliphatic heterocycles. The molecule has 2 amide bonds. The summed E-state index contributed by atoms with van der Waals surface area (Å²) in [6.45, 7) is 4.30. The molecule has 1 N–H and O–H groups in total. The number of halogens is 1. The SMILES string of the molecule is CC1(C)C(=O)NCCN1C(=O)COc1ccc(Cl)cc1. The van der Waals surface area contributed by atoms with E-state index in [2.05, 4.69) is 5.32 Å². The van der Waals surface area contributed by atoms with Gasteiger partial charge < -0.3 is 15.0 Å². The molecule has 20 heavy (non-hydrogen) atoms. The smallest absolute Gasteiger partial charge is 0.261 e. The third kappa shape index (κ3) is 3.04. The van der Waals surface area contributed by atoms with Gasteiger partial charge in [-0.1, -0.05) is 11.6 Å². The maximum atomic E-state index is 12.2. The van der Waals surface area contributed by atoms with Crippen LogP contribution >= 0.6 is 11.6 Å². The molecule has 0 unspecified atom stereocenters. The quantitative estimate of drug-likeness (QED) is 0.918. The van der Waals surface area contributed by atoms with Crippen LogP contribution in [-0.4, -0.2) is 41.9 Å². The van der Waals surface area contributed by atoms with Gasteiger partial charge in [-0.15, -0.1) is 0 Å². The molecule has 0 spiro atoms. The summed E-state index contributed by atoms with van der Waals surface area (Å²) < 4.78 is 5.42. The van der Waals surface area contributed by atoms with Gasteiger partial charge in [0.25, 0.3) is 5.91 Å². The Morgan fingerprint density at radius 2 is 2.05 bits per heavy atom. The summed E-state index contributed by atoms with van der Waals surface area (Å²) in [6.07, 6.45) is 0. The molecule has 5 nitrogen and oxygen atoms in total. The van der Waals surface area contributed by atoms with Crippen LogP contribution in [0.25, 0.3) is 0 Å². The second kappa shape index (κ2) is 5.71. The fraction of sp³-hybridized carbons (Fsp3) is 0.429. The Balaban J connectivity index is 1.97. The van der Waals surface area contributed by atoms with Gasteiger partial charge in [0.2, 0.25) is 5.91 Å². The van der Waals surface area contributed by atoms with Crippen molar-refractivity contribution in [3.8, 4) is 5.75 Å². The molecule has 0 atom stereocenters. The van der Waals surface area contributed by atoms with Crippen LogP contribution in [0.5, 0.6) is 5.75 Å². The van der Waals surface area contributed by atoms with Crippen molar-refractivity contribution in [2.24, 2.45) is 0 Å². The van der Waals surface area contributed by atoms with Gasteiger partial charge >= 0.3 is 0 Å². The van der Waals surface area contributed by atoms with Crippen LogP contribution < -0.4 is 10.1 Å². The first kappa shape index (κ1) is 14.7. The average Bonchev–Trinajstić information content (AvgIpc) is 2.41. The van der Waals surface area contributed by atoms with Gasteiger partial charge in [-0.05, 0) is 38.1 Å². The number of carbonyl (C=O) groups is 2. The summed E-state index contributed by atoms with van der Waals surface area (Å²) in [5.41, 5.74) is -0.849. The maximum Gasteiger partial charge on any atom is 0.261 e. The number of hydrogen-bond donors (Lipinski definition) is 1. The summed E-state index contributed by atoms with van der Waals surface area (Å²) in [5.74, 6) is 0.213. The fourth-order valence-corrected chi connectivity index (χ4v) is 2.22. The fourth-order valence-electron chi connectivity index (χ4n) is 2.09. The van der Waals surface area contributed by atoms with Crippen LogP contribution in [0.2, 0.25) is 5.02 Å². The van der Waals surface area contributed by atoms with Crippen LogP contribution in [0, 0.1) is 0 Å². The predicted octanol–water partition coefficient (Wildman–Crippen LogP) is 1.46. The van der Waals surface area contributed by atoms with E-state index < -0.39 is 5.54 Å². The lowest BCUT2D eigenvalue weighted by molar-refractivity contribution is -0.150. The molecule has 1 aliphatic rings. The minimum Gasteiger partial charge on any atom is -0.484 e. The number of piperazine rings is 1. The molecule has 0 bridgehead atoms. The van der Waals surface area contributed by atoms with E-state index in [1.807, 2.05) is 0 Å². The van der Waals surface area contributed by atoms with Crippen molar-refractivity contribution in [1.29, 1.82) is 0 Å². The summed E-state index contributed by atoms with van der Waals surface area (Å²) in [4.78, 5) is 25.5. The van der Waals surface area contributed by atoms with Crippen molar-refractivity contribution < 1.29 is 14.3 Å². The first-order valence-corrected chi connectivity index (χ1v) is 6.76. The predicted molar refractivity (Wildman–Crippen MR) is 75.7 cm³/mol. The number of benzene rings is 1. The molecule has 1 aromatic carbocycles. The molecule has 0 radical (unpaired) electrons. The van der Waals surface area contributed by atoms with Crippen molar-refractivity contribution in [1.82, 2.24) is 10.2 Å². The van der Waals surface area contributed by atoms with Crippen molar-refractivity contribution in [3.63, 3.8) is 0 Å². The molecule has 1 heterocycles. The Bertz CT molecular complexity index is 514. The zero-order valence-corrected chi connectivity index (χ0v) is 12.2. The van der Waals surface area contributed by atoms with Gasteiger partial charge in [0, 0.05) is 18.1 Å². The lowest BCUT2D eigenvalue weighted by Gasteiger charge is -2.41. The Morgan fingerprint density at radius 3 is 2.70 bits per heavy atom. The first-order chi connectivity index (χ1) is 9.41. The van der Waals surface area contributed by atoms with E-state index in [-0.39, 0.29) is 18.4 Å². The van der Waals surface area contributed by atoms with Gasteiger partial charge in [-0.2, -0.15) is 0 Å². The monoisotopic (exact) mass is 296 g/mol. The topological polar surface area (TPSA) is 58.6 Å². The van der Waals surface area contributed by atoms with Gasteiger partial charge in [0.1, 0.15) is 11.3 Å². The molecule has 0 aliphatic carbocycles. The number of nitrogens with zero attached hydrogens (tertiary/aromatic N) is 1. The van der Waals surface area contributed by atoms with E-state index in [9.17, 15) is 9.59 Å². The number of hydrogen-bond acceptors (Lipinski definition) is 3. The zero-order chi connectivity index (χ0) is 14.8. The first-order valence-electron chi connectivity index (χ1n) is 6.38. The number of rotatable bonds is 3. The molecule has 1 saturated heterocycles. The van der Waals surface area contributed by atoms with E-state index >= 15 is 0 Å². The van der Waals surface area contributed by atoms with E-state index in [4.69, 9.17) is 16.3 Å².